The Morgan fingerprint density at radius 3 is 1.86 bits per heavy atom. The van der Waals surface area contributed by atoms with Crippen LogP contribution in [0.3, 0.4) is 0 Å². The molecule has 0 amide bonds. The molecule has 0 radical (unpaired) electrons. The van der Waals surface area contributed by atoms with Gasteiger partial charge in [-0.05, 0) is 59.0 Å². The third-order valence-electron chi connectivity index (χ3n) is 6.96. The van der Waals surface area contributed by atoms with Gasteiger partial charge in [-0.2, -0.15) is 13.1 Å². The van der Waals surface area contributed by atoms with E-state index >= 15 is 0 Å². The van der Waals surface area contributed by atoms with Crippen LogP contribution in [-0.4, -0.2) is 44.3 Å². The van der Waals surface area contributed by atoms with Crippen molar-refractivity contribution >= 4 is 27.5 Å². The first-order valence-corrected chi connectivity index (χ1v) is 18.0. The fraction of sp³-hybridized carbons (Fsp3) is 0.200. The van der Waals surface area contributed by atoms with Gasteiger partial charge in [0, 0.05) is 24.9 Å². The smallest absolute Gasteiger partial charge is 0.399 e. The van der Waals surface area contributed by atoms with Crippen molar-refractivity contribution in [2.75, 3.05) is 13.4 Å². The number of methoxy groups -OCH3 is 1. The maximum absolute atomic E-state index is 14.4. The molecule has 4 aromatic carbocycles. The van der Waals surface area contributed by atoms with E-state index in [9.17, 15) is 30.2 Å². The molecule has 0 aliphatic heterocycles. The molecule has 0 spiro atoms. The second-order valence-electron chi connectivity index (χ2n) is 10.2. The average molecular weight is 666 g/mol. The van der Waals surface area contributed by atoms with Crippen molar-refractivity contribution in [1.82, 2.24) is 4.31 Å². The van der Waals surface area contributed by atoms with Gasteiger partial charge in [-0.15, -0.1) is 0 Å². The molecule has 0 unspecified atom stereocenters. The van der Waals surface area contributed by atoms with Crippen LogP contribution in [0.5, 0.6) is 5.75 Å². The Bertz CT molecular complexity index is 1930. The van der Waals surface area contributed by atoms with E-state index in [4.69, 9.17) is 14.5 Å². The van der Waals surface area contributed by atoms with E-state index in [1.165, 1.54) is 50.4 Å². The highest BCUT2D eigenvalue weighted by molar-refractivity contribution is 7.90. The highest BCUT2D eigenvalue weighted by atomic mass is 32.2. The maximum atomic E-state index is 14.4. The molecule has 44 heavy (non-hydrogen) atoms. The van der Waals surface area contributed by atoms with E-state index in [2.05, 4.69) is 0 Å². The minimum atomic E-state index is -5.80. The molecule has 9 nitrogen and oxygen atoms in total. The molecule has 0 aliphatic carbocycles. The average Bonchev–Trinajstić information content (AvgIpc) is 2.96. The molecule has 14 heteroatoms. The Hall–Kier alpha value is -3.45. The number of alkyl halides is 2. The molecule has 4 rings (SSSR count). The normalized spacial score (nSPS) is 12.8. The molecular weight excluding hydrogens is 635 g/mol. The SMILES string of the molecule is COc1ccccc1S(=O)(=O)N(Cc1ccc(-c2ccc(S(C)(=O)=O)cc2)cc1)Cc1ccc(C(F)(F)P(=O)(O)O)c(C)c1. The molecule has 0 aromatic heterocycles. The number of sulfone groups is 1. The van der Waals surface area contributed by atoms with Gasteiger partial charge in [-0.25, -0.2) is 16.8 Å². The van der Waals surface area contributed by atoms with E-state index < -0.39 is 38.7 Å². The van der Waals surface area contributed by atoms with Crippen molar-refractivity contribution < 1.29 is 44.7 Å². The van der Waals surface area contributed by atoms with Gasteiger partial charge in [-0.3, -0.25) is 4.57 Å². The Labute approximate surface area is 254 Å². The number of halogens is 2. The van der Waals surface area contributed by atoms with Crippen LogP contribution < -0.4 is 4.74 Å². The number of aryl methyl sites for hydroxylation is 1. The third-order valence-corrected chi connectivity index (χ3v) is 10.9. The van der Waals surface area contributed by atoms with E-state index in [1.54, 1.807) is 48.5 Å². The van der Waals surface area contributed by atoms with Gasteiger partial charge in [0.2, 0.25) is 10.0 Å². The highest BCUT2D eigenvalue weighted by Crippen LogP contribution is 2.59. The molecule has 0 heterocycles. The zero-order chi connectivity index (χ0) is 32.5. The summed E-state index contributed by atoms with van der Waals surface area (Å²) in [6.07, 6.45) is 1.12. The lowest BCUT2D eigenvalue weighted by Gasteiger charge is -2.25. The minimum Gasteiger partial charge on any atom is -0.495 e. The summed E-state index contributed by atoms with van der Waals surface area (Å²) in [6.45, 7) is 0.896. The Balaban J connectivity index is 1.69. The lowest BCUT2D eigenvalue weighted by atomic mass is 10.0. The summed E-state index contributed by atoms with van der Waals surface area (Å²) in [5, 5.41) is 0. The van der Waals surface area contributed by atoms with Crippen molar-refractivity contribution in [3.8, 4) is 16.9 Å². The molecular formula is C30H30F2NO8PS2. The highest BCUT2D eigenvalue weighted by Gasteiger charge is 2.51. The molecule has 0 bridgehead atoms. The number of ether oxygens (including phenoxy) is 1. The lowest BCUT2D eigenvalue weighted by Crippen LogP contribution is -2.30. The zero-order valence-electron chi connectivity index (χ0n) is 23.9. The first-order chi connectivity index (χ1) is 20.4. The zero-order valence-corrected chi connectivity index (χ0v) is 26.4. The number of sulfonamides is 1. The van der Waals surface area contributed by atoms with E-state index in [0.29, 0.717) is 11.1 Å². The predicted octanol–water partition coefficient (Wildman–Crippen LogP) is 5.69. The first kappa shape index (κ1) is 33.4. The summed E-state index contributed by atoms with van der Waals surface area (Å²) in [4.78, 5) is 18.4. The third kappa shape index (κ3) is 7.09. The fourth-order valence-electron chi connectivity index (χ4n) is 4.62. The van der Waals surface area contributed by atoms with Crippen LogP contribution >= 0.6 is 7.60 Å². The number of hydrogen-bond acceptors (Lipinski definition) is 6. The van der Waals surface area contributed by atoms with E-state index in [0.717, 1.165) is 27.8 Å². The summed E-state index contributed by atoms with van der Waals surface area (Å²) in [6, 6.07) is 22.7. The maximum Gasteiger partial charge on any atom is 0.399 e. The molecule has 0 saturated carbocycles. The minimum absolute atomic E-state index is 0.105. The molecule has 0 aliphatic rings. The lowest BCUT2D eigenvalue weighted by molar-refractivity contribution is 0.0558. The van der Waals surface area contributed by atoms with E-state index in [1.807, 2.05) is 0 Å². The molecule has 0 atom stereocenters. The van der Waals surface area contributed by atoms with Crippen molar-refractivity contribution in [2.24, 2.45) is 0 Å². The molecule has 0 saturated heterocycles. The monoisotopic (exact) mass is 665 g/mol. The van der Waals surface area contributed by atoms with Crippen molar-refractivity contribution in [3.63, 3.8) is 0 Å². The Kier molecular flexibility index (Phi) is 9.51. The molecule has 4 aromatic rings. The summed E-state index contributed by atoms with van der Waals surface area (Å²) >= 11 is 0. The van der Waals surface area contributed by atoms with Crippen LogP contribution in [0.2, 0.25) is 0 Å². The van der Waals surface area contributed by atoms with Gasteiger partial charge >= 0.3 is 13.3 Å². The van der Waals surface area contributed by atoms with Gasteiger partial charge in [0.15, 0.2) is 9.84 Å². The van der Waals surface area contributed by atoms with Crippen LogP contribution in [0, 0.1) is 6.92 Å². The topological polar surface area (TPSA) is 138 Å². The second-order valence-corrected chi connectivity index (χ2v) is 15.7. The summed E-state index contributed by atoms with van der Waals surface area (Å²) in [5.41, 5.74) is -2.94. The number of para-hydroxylation sites is 1. The molecule has 234 valence electrons. The largest absolute Gasteiger partial charge is 0.495 e. The summed E-state index contributed by atoms with van der Waals surface area (Å²) in [5.74, 6) is 0.109. The Morgan fingerprint density at radius 1 is 0.818 bits per heavy atom. The van der Waals surface area contributed by atoms with Crippen molar-refractivity contribution in [1.29, 1.82) is 0 Å². The summed E-state index contributed by atoms with van der Waals surface area (Å²) in [7, 11) is -12.0. The van der Waals surface area contributed by atoms with Crippen LogP contribution in [0.4, 0.5) is 8.78 Å². The molecule has 2 N–H and O–H groups in total. The fourth-order valence-corrected chi connectivity index (χ4v) is 7.39. The van der Waals surface area contributed by atoms with Gasteiger partial charge in [0.1, 0.15) is 10.6 Å². The predicted molar refractivity (Wildman–Crippen MR) is 162 cm³/mol. The Morgan fingerprint density at radius 2 is 1.34 bits per heavy atom. The van der Waals surface area contributed by atoms with Crippen LogP contribution in [0.15, 0.2) is 101 Å². The van der Waals surface area contributed by atoms with Gasteiger partial charge in [0.05, 0.1) is 12.0 Å². The first-order valence-electron chi connectivity index (χ1n) is 13.0. The number of benzene rings is 4. The molecule has 0 fully saturated rings. The quantitative estimate of drug-likeness (QED) is 0.195. The van der Waals surface area contributed by atoms with Gasteiger partial charge < -0.3 is 14.5 Å². The van der Waals surface area contributed by atoms with Gasteiger partial charge in [-0.1, -0.05) is 66.7 Å². The van der Waals surface area contributed by atoms with Crippen LogP contribution in [-0.2, 0) is 43.2 Å². The number of hydrogen-bond donors (Lipinski definition) is 2. The van der Waals surface area contributed by atoms with Crippen molar-refractivity contribution in [3.05, 3.63) is 113 Å². The van der Waals surface area contributed by atoms with Gasteiger partial charge in [0.25, 0.3) is 0 Å². The van der Waals surface area contributed by atoms with E-state index in [-0.39, 0.29) is 34.2 Å². The standard InChI is InChI=1S/C30H30F2NO8PS2/c1-21-18-23(10-17-27(21)30(31,32)42(34,35)36)20-33(44(39,40)29-7-5-4-6-28(29)41-2)19-22-8-11-24(12-9-22)25-13-15-26(16-14-25)43(3,37)38/h4-18H,19-20H2,1-3H3,(H2,34,35,36). The second kappa shape index (κ2) is 12.5. The van der Waals surface area contributed by atoms with Crippen LogP contribution in [0.1, 0.15) is 22.3 Å². The van der Waals surface area contributed by atoms with Crippen LogP contribution in [0.25, 0.3) is 11.1 Å². The summed E-state index contributed by atoms with van der Waals surface area (Å²) < 4.78 is 98.1. The number of rotatable bonds is 11. The van der Waals surface area contributed by atoms with Crippen molar-refractivity contribution in [2.45, 2.75) is 35.5 Å². The number of nitrogens with zero attached hydrogens (tertiary/aromatic N) is 1.